The van der Waals surface area contributed by atoms with Crippen molar-refractivity contribution in [1.29, 1.82) is 0 Å². The van der Waals surface area contributed by atoms with E-state index in [0.717, 1.165) is 11.3 Å². The van der Waals surface area contributed by atoms with Crippen molar-refractivity contribution >= 4 is 11.6 Å². The van der Waals surface area contributed by atoms with Gasteiger partial charge >= 0.3 is 0 Å². The lowest BCUT2D eigenvalue weighted by Gasteiger charge is -2.12. The van der Waals surface area contributed by atoms with Crippen LogP contribution in [0.3, 0.4) is 0 Å². The molecule has 0 fully saturated rings. The maximum atomic E-state index is 12.6. The summed E-state index contributed by atoms with van der Waals surface area (Å²) in [6.45, 7) is 0. The number of ether oxygens (including phenoxy) is 2. The maximum absolute atomic E-state index is 12.6. The Morgan fingerprint density at radius 3 is 2.40 bits per heavy atom. The molecule has 5 heteroatoms. The van der Waals surface area contributed by atoms with Crippen LogP contribution < -0.4 is 14.8 Å². The number of nitrogens with zero attached hydrogens (tertiary/aromatic N) is 1. The van der Waals surface area contributed by atoms with Crippen LogP contribution in [0.1, 0.15) is 10.4 Å². The lowest BCUT2D eigenvalue weighted by molar-refractivity contribution is 0.102. The van der Waals surface area contributed by atoms with Crippen LogP contribution in [0.5, 0.6) is 11.5 Å². The van der Waals surface area contributed by atoms with Crippen molar-refractivity contribution in [2.75, 3.05) is 19.5 Å². The molecular weight excluding hydrogens is 316 g/mol. The lowest BCUT2D eigenvalue weighted by Crippen LogP contribution is -2.13. The van der Waals surface area contributed by atoms with Crippen LogP contribution in [0.4, 0.5) is 5.69 Å². The summed E-state index contributed by atoms with van der Waals surface area (Å²) in [7, 11) is 3.09. The molecule has 3 rings (SSSR count). The Kier molecular flexibility index (Phi) is 4.95. The number of carbonyl (C=O) groups excluding carboxylic acids is 1. The number of aromatic nitrogens is 1. The minimum absolute atomic E-state index is 0.244. The molecule has 0 aliphatic carbocycles. The third-order valence-corrected chi connectivity index (χ3v) is 3.75. The molecule has 1 heterocycles. The Bertz CT molecular complexity index is 879. The molecule has 2 aromatic carbocycles. The van der Waals surface area contributed by atoms with Crippen LogP contribution in [0, 0.1) is 0 Å². The fourth-order valence-electron chi connectivity index (χ4n) is 2.50. The fraction of sp³-hybridized carbons (Fsp3) is 0.100. The molecule has 1 amide bonds. The number of pyridine rings is 1. The molecule has 0 saturated carbocycles. The molecule has 0 aliphatic rings. The Morgan fingerprint density at radius 2 is 1.68 bits per heavy atom. The number of amides is 1. The zero-order chi connectivity index (χ0) is 17.6. The molecule has 1 N–H and O–H groups in total. The molecule has 0 unspecified atom stereocenters. The van der Waals surface area contributed by atoms with Crippen molar-refractivity contribution in [2.45, 2.75) is 0 Å². The number of benzene rings is 2. The van der Waals surface area contributed by atoms with Crippen LogP contribution in [0.15, 0.2) is 66.9 Å². The van der Waals surface area contributed by atoms with Gasteiger partial charge in [-0.05, 0) is 30.3 Å². The topological polar surface area (TPSA) is 60.5 Å². The molecule has 0 saturated heterocycles. The van der Waals surface area contributed by atoms with Gasteiger partial charge in [-0.15, -0.1) is 0 Å². The molecule has 0 radical (unpaired) electrons. The van der Waals surface area contributed by atoms with Crippen LogP contribution in [0.2, 0.25) is 0 Å². The number of methoxy groups -OCH3 is 2. The quantitative estimate of drug-likeness (QED) is 0.765. The minimum Gasteiger partial charge on any atom is -0.493 e. The lowest BCUT2D eigenvalue weighted by atomic mass is 10.1. The molecule has 0 aliphatic heterocycles. The first kappa shape index (κ1) is 16.5. The smallest absolute Gasteiger partial charge is 0.255 e. The molecule has 0 spiro atoms. The number of carbonyl (C=O) groups is 1. The molecule has 126 valence electrons. The second-order valence-corrected chi connectivity index (χ2v) is 5.29. The predicted molar refractivity (Wildman–Crippen MR) is 97.2 cm³/mol. The number of anilines is 1. The van der Waals surface area contributed by atoms with Crippen molar-refractivity contribution < 1.29 is 14.3 Å². The summed E-state index contributed by atoms with van der Waals surface area (Å²) in [6.07, 6.45) is 1.70. The monoisotopic (exact) mass is 334 g/mol. The highest BCUT2D eigenvalue weighted by atomic mass is 16.5. The summed E-state index contributed by atoms with van der Waals surface area (Å²) in [5, 5.41) is 2.92. The summed E-state index contributed by atoms with van der Waals surface area (Å²) in [5.41, 5.74) is 2.77. The summed E-state index contributed by atoms with van der Waals surface area (Å²) in [6, 6.07) is 18.4. The number of rotatable bonds is 5. The molecule has 0 atom stereocenters. The highest BCUT2D eigenvalue weighted by Gasteiger charge is 2.13. The van der Waals surface area contributed by atoms with E-state index in [4.69, 9.17) is 9.47 Å². The molecule has 3 aromatic rings. The Balaban J connectivity index is 1.90. The van der Waals surface area contributed by atoms with Gasteiger partial charge in [0.25, 0.3) is 5.91 Å². The van der Waals surface area contributed by atoms with E-state index in [1.54, 1.807) is 37.6 Å². The molecular formula is C20H18N2O3. The Labute approximate surface area is 146 Å². The largest absolute Gasteiger partial charge is 0.493 e. The summed E-state index contributed by atoms with van der Waals surface area (Å²) in [5.74, 6) is 0.834. The number of nitrogens with one attached hydrogen (secondary N) is 1. The molecule has 25 heavy (non-hydrogen) atoms. The summed E-state index contributed by atoms with van der Waals surface area (Å²) in [4.78, 5) is 17.0. The van der Waals surface area contributed by atoms with E-state index in [1.165, 1.54) is 7.11 Å². The van der Waals surface area contributed by atoms with Crippen molar-refractivity contribution in [1.82, 2.24) is 4.98 Å². The van der Waals surface area contributed by atoms with Gasteiger partial charge in [0.1, 0.15) is 0 Å². The highest BCUT2D eigenvalue weighted by Crippen LogP contribution is 2.29. The van der Waals surface area contributed by atoms with Gasteiger partial charge in [0.05, 0.1) is 25.6 Å². The van der Waals surface area contributed by atoms with Crippen molar-refractivity contribution in [2.24, 2.45) is 0 Å². The third kappa shape index (κ3) is 3.61. The highest BCUT2D eigenvalue weighted by molar-refractivity contribution is 6.06. The second kappa shape index (κ2) is 7.49. The van der Waals surface area contributed by atoms with E-state index in [0.29, 0.717) is 22.7 Å². The molecule has 0 bridgehead atoms. The van der Waals surface area contributed by atoms with Gasteiger partial charge in [0.2, 0.25) is 0 Å². The van der Waals surface area contributed by atoms with Crippen molar-refractivity contribution in [3.63, 3.8) is 0 Å². The first-order valence-electron chi connectivity index (χ1n) is 7.76. The number of hydrogen-bond donors (Lipinski definition) is 1. The van der Waals surface area contributed by atoms with E-state index >= 15 is 0 Å². The first-order valence-corrected chi connectivity index (χ1v) is 7.76. The normalized spacial score (nSPS) is 10.2. The zero-order valence-electron chi connectivity index (χ0n) is 14.0. The molecule has 5 nitrogen and oxygen atoms in total. The van der Waals surface area contributed by atoms with E-state index < -0.39 is 0 Å². The van der Waals surface area contributed by atoms with Gasteiger partial charge in [0.15, 0.2) is 11.5 Å². The van der Waals surface area contributed by atoms with E-state index in [1.807, 2.05) is 36.4 Å². The van der Waals surface area contributed by atoms with Crippen LogP contribution >= 0.6 is 0 Å². The van der Waals surface area contributed by atoms with Crippen molar-refractivity contribution in [3.8, 4) is 22.8 Å². The SMILES string of the molecule is COc1ccc(C(=O)Nc2cccnc2-c2ccccc2)cc1OC. The third-order valence-electron chi connectivity index (χ3n) is 3.75. The van der Waals surface area contributed by atoms with E-state index in [-0.39, 0.29) is 5.91 Å². The van der Waals surface area contributed by atoms with E-state index in [9.17, 15) is 4.79 Å². The van der Waals surface area contributed by atoms with Crippen LogP contribution in [0.25, 0.3) is 11.3 Å². The average molecular weight is 334 g/mol. The van der Waals surface area contributed by atoms with Gasteiger partial charge in [0, 0.05) is 17.3 Å². The van der Waals surface area contributed by atoms with Crippen LogP contribution in [-0.4, -0.2) is 25.1 Å². The summed E-state index contributed by atoms with van der Waals surface area (Å²) >= 11 is 0. The first-order chi connectivity index (χ1) is 12.2. The van der Waals surface area contributed by atoms with Gasteiger partial charge in [-0.3, -0.25) is 9.78 Å². The molecule has 1 aromatic heterocycles. The Hall–Kier alpha value is -3.34. The van der Waals surface area contributed by atoms with Crippen LogP contribution in [-0.2, 0) is 0 Å². The summed E-state index contributed by atoms with van der Waals surface area (Å²) < 4.78 is 10.5. The zero-order valence-corrected chi connectivity index (χ0v) is 14.0. The second-order valence-electron chi connectivity index (χ2n) is 5.29. The maximum Gasteiger partial charge on any atom is 0.255 e. The standard InChI is InChI=1S/C20H18N2O3/c1-24-17-11-10-15(13-18(17)25-2)20(23)22-16-9-6-12-21-19(16)14-7-4-3-5-8-14/h3-13H,1-2H3,(H,22,23). The van der Waals surface area contributed by atoms with Gasteiger partial charge < -0.3 is 14.8 Å². The fourth-order valence-corrected chi connectivity index (χ4v) is 2.50. The predicted octanol–water partition coefficient (Wildman–Crippen LogP) is 4.02. The Morgan fingerprint density at radius 1 is 0.920 bits per heavy atom. The van der Waals surface area contributed by atoms with E-state index in [2.05, 4.69) is 10.3 Å². The van der Waals surface area contributed by atoms with Gasteiger partial charge in [-0.2, -0.15) is 0 Å². The van der Waals surface area contributed by atoms with Gasteiger partial charge in [-0.1, -0.05) is 30.3 Å². The minimum atomic E-state index is -0.244. The average Bonchev–Trinajstić information content (AvgIpc) is 2.68. The van der Waals surface area contributed by atoms with Gasteiger partial charge in [-0.25, -0.2) is 0 Å². The number of hydrogen-bond acceptors (Lipinski definition) is 4. The van der Waals surface area contributed by atoms with Crippen molar-refractivity contribution in [3.05, 3.63) is 72.4 Å².